The van der Waals surface area contributed by atoms with Crippen LogP contribution in [0.3, 0.4) is 0 Å². The smallest absolute Gasteiger partial charge is 0.307 e. The molecule has 1 amide bonds. The average molecular weight is 752 g/mol. The van der Waals surface area contributed by atoms with Gasteiger partial charge in [-0.2, -0.15) is 5.10 Å². The molecule has 302 valence electrons. The summed E-state index contributed by atoms with van der Waals surface area (Å²) in [6.07, 6.45) is 10.7. The highest BCUT2D eigenvalue weighted by Gasteiger charge is 2.73. The summed E-state index contributed by atoms with van der Waals surface area (Å²) >= 11 is 0. The Morgan fingerprint density at radius 3 is 2.37 bits per heavy atom. The first kappa shape index (κ1) is 39.9. The average Bonchev–Trinajstić information content (AvgIpc) is 3.61. The zero-order valence-electron chi connectivity index (χ0n) is 34.8. The third-order valence-electron chi connectivity index (χ3n) is 17.0. The maximum atomic E-state index is 13.7. The Labute approximate surface area is 323 Å². The van der Waals surface area contributed by atoms with Gasteiger partial charge in [-0.15, -0.1) is 0 Å². The number of rotatable bonds is 10. The molecular formula is C43H69N5O6. The predicted molar refractivity (Wildman–Crippen MR) is 207 cm³/mol. The second-order valence-electron chi connectivity index (χ2n) is 20.2. The molecule has 4 aliphatic carbocycles. The van der Waals surface area contributed by atoms with Crippen LogP contribution in [0.1, 0.15) is 130 Å². The Hall–Kier alpha value is -2.34. The van der Waals surface area contributed by atoms with Crippen molar-refractivity contribution in [3.8, 4) is 0 Å². The molecule has 5 fully saturated rings. The topological polar surface area (TPSA) is 137 Å². The quantitative estimate of drug-likeness (QED) is 0.223. The molecule has 0 spiro atoms. The van der Waals surface area contributed by atoms with E-state index in [1.807, 2.05) is 25.6 Å². The van der Waals surface area contributed by atoms with Gasteiger partial charge in [-0.3, -0.25) is 9.59 Å². The number of nitrogens with zero attached hydrogens (tertiary/aromatic N) is 3. The summed E-state index contributed by atoms with van der Waals surface area (Å²) in [6, 6.07) is -0.302. The standard InChI is InChI=1S/C43H69N5O6/c1-26(2)28(5)39(7)15-16-40(8)29-11-12-32-38(6)21-31(48-35(45-25-46-48)36(49)47-27(3)4)34(54-23-42(44-10)17-19-52-20-18-42)43(32,24-53-22-38)30(29)13-14-41(40,9)33(39)37(50)51/h13,25-29,31-34,44H,11-12,14-24H2,1-10H3,(H,47,49)(H,50,51)/t28-,29+,31-,32-,33-,34+,38-,39-,40-,41+,43+/m1/s1. The fourth-order valence-electron chi connectivity index (χ4n) is 13.6. The van der Waals surface area contributed by atoms with Gasteiger partial charge in [0.1, 0.15) is 6.33 Å². The van der Waals surface area contributed by atoms with E-state index in [2.05, 4.69) is 70.2 Å². The van der Waals surface area contributed by atoms with Crippen molar-refractivity contribution in [3.05, 3.63) is 23.8 Å². The highest BCUT2D eigenvalue weighted by molar-refractivity contribution is 5.90. The van der Waals surface area contributed by atoms with Crippen LogP contribution in [0.15, 0.2) is 18.0 Å². The molecule has 3 heterocycles. The summed E-state index contributed by atoms with van der Waals surface area (Å²) in [5.41, 5.74) is -0.468. The van der Waals surface area contributed by atoms with Crippen LogP contribution < -0.4 is 10.6 Å². The van der Waals surface area contributed by atoms with E-state index in [1.54, 1.807) is 0 Å². The van der Waals surface area contributed by atoms with Crippen molar-refractivity contribution in [1.82, 2.24) is 25.4 Å². The van der Waals surface area contributed by atoms with Gasteiger partial charge in [-0.25, -0.2) is 9.67 Å². The highest BCUT2D eigenvalue weighted by atomic mass is 16.5. The van der Waals surface area contributed by atoms with Crippen LogP contribution in [0.4, 0.5) is 0 Å². The number of ether oxygens (including phenoxy) is 3. The molecule has 7 rings (SSSR count). The first-order chi connectivity index (χ1) is 25.4. The monoisotopic (exact) mass is 752 g/mol. The Morgan fingerprint density at radius 1 is 1.00 bits per heavy atom. The van der Waals surface area contributed by atoms with E-state index in [9.17, 15) is 14.7 Å². The van der Waals surface area contributed by atoms with Crippen molar-refractivity contribution in [2.24, 2.45) is 56.7 Å². The van der Waals surface area contributed by atoms with Gasteiger partial charge >= 0.3 is 5.97 Å². The highest BCUT2D eigenvalue weighted by Crippen LogP contribution is 2.75. The van der Waals surface area contributed by atoms with E-state index in [-0.39, 0.29) is 57.7 Å². The number of amides is 1. The number of likely N-dealkylation sites (N-methyl/N-ethyl adjacent to an activating group) is 1. The number of carboxylic acids is 1. The van der Waals surface area contributed by atoms with E-state index in [4.69, 9.17) is 19.3 Å². The summed E-state index contributed by atoms with van der Waals surface area (Å²) < 4.78 is 22.0. The molecule has 2 saturated heterocycles. The molecule has 0 unspecified atom stereocenters. The van der Waals surface area contributed by atoms with Crippen molar-refractivity contribution in [2.75, 3.05) is 40.1 Å². The Bertz CT molecular complexity index is 1620. The number of aromatic nitrogens is 3. The molecule has 11 atom stereocenters. The fourth-order valence-corrected chi connectivity index (χ4v) is 13.6. The maximum absolute atomic E-state index is 13.7. The SMILES string of the molecule is CNC1(CO[C@H]2[C@H](n3ncnc3C(=O)NC(C)C)C[C@]3(C)COC[C@@]24C2=CC[C@@]5(C)[C@H](C(=O)O)[C@@](C)([C@H](C)C(C)C)CC[C@]5(C)[C@H]2CC[C@H]34)CCOCC1. The zero-order chi connectivity index (χ0) is 39.1. The lowest BCUT2D eigenvalue weighted by atomic mass is 9.34. The fraction of sp³-hybridized carbons (Fsp3) is 0.860. The lowest BCUT2D eigenvalue weighted by Crippen LogP contribution is -2.70. The van der Waals surface area contributed by atoms with E-state index >= 15 is 0 Å². The van der Waals surface area contributed by atoms with Crippen molar-refractivity contribution >= 4 is 11.9 Å². The number of nitrogens with one attached hydrogen (secondary N) is 2. The molecule has 2 bridgehead atoms. The molecular weight excluding hydrogens is 683 g/mol. The minimum absolute atomic E-state index is 0.0459. The number of aliphatic carboxylic acids is 1. The van der Waals surface area contributed by atoms with Crippen molar-refractivity contribution in [1.29, 1.82) is 0 Å². The molecule has 11 nitrogen and oxygen atoms in total. The summed E-state index contributed by atoms with van der Waals surface area (Å²) in [4.78, 5) is 31.9. The number of carbonyl (C=O) groups excluding carboxylic acids is 1. The minimum Gasteiger partial charge on any atom is -0.481 e. The number of allylic oxidation sites excluding steroid dienone is 1. The first-order valence-corrected chi connectivity index (χ1v) is 21.0. The van der Waals surface area contributed by atoms with Crippen molar-refractivity contribution < 1.29 is 28.9 Å². The second kappa shape index (κ2) is 13.9. The van der Waals surface area contributed by atoms with Gasteiger partial charge in [0.2, 0.25) is 5.82 Å². The maximum Gasteiger partial charge on any atom is 0.307 e. The number of hydrogen-bond donors (Lipinski definition) is 3. The second-order valence-corrected chi connectivity index (χ2v) is 20.2. The third kappa shape index (κ3) is 5.78. The van der Waals surface area contributed by atoms with Crippen molar-refractivity contribution in [3.63, 3.8) is 0 Å². The van der Waals surface area contributed by atoms with Gasteiger partial charge in [0, 0.05) is 30.2 Å². The van der Waals surface area contributed by atoms with E-state index in [1.165, 1.54) is 11.9 Å². The Kier molecular flexibility index (Phi) is 10.3. The van der Waals surface area contributed by atoms with Gasteiger partial charge in [0.15, 0.2) is 0 Å². The third-order valence-corrected chi connectivity index (χ3v) is 17.0. The number of carboxylic acid groups (broad SMARTS) is 1. The number of hydrogen-bond acceptors (Lipinski definition) is 8. The van der Waals surface area contributed by atoms with Crippen LogP contribution in [-0.2, 0) is 19.0 Å². The van der Waals surface area contributed by atoms with E-state index in [0.717, 1.165) is 44.9 Å². The van der Waals surface area contributed by atoms with Gasteiger partial charge in [0.25, 0.3) is 5.91 Å². The van der Waals surface area contributed by atoms with Crippen LogP contribution >= 0.6 is 0 Å². The summed E-state index contributed by atoms with van der Waals surface area (Å²) in [5, 5.41) is 22.7. The van der Waals surface area contributed by atoms with Crippen LogP contribution in [-0.4, -0.2) is 89.5 Å². The minimum atomic E-state index is -0.651. The molecule has 54 heavy (non-hydrogen) atoms. The first-order valence-electron chi connectivity index (χ1n) is 21.0. The van der Waals surface area contributed by atoms with Crippen LogP contribution in [0, 0.1) is 56.7 Å². The molecule has 2 aliphatic heterocycles. The normalized spacial score (nSPS) is 42.0. The van der Waals surface area contributed by atoms with Crippen LogP contribution in [0.2, 0.25) is 0 Å². The van der Waals surface area contributed by atoms with Gasteiger partial charge in [-0.1, -0.05) is 60.1 Å². The van der Waals surface area contributed by atoms with E-state index in [0.29, 0.717) is 57.1 Å². The Balaban J connectivity index is 1.38. The van der Waals surface area contributed by atoms with Crippen LogP contribution in [0.5, 0.6) is 0 Å². The largest absolute Gasteiger partial charge is 0.481 e. The molecule has 1 aromatic rings. The molecule has 3 N–H and O–H groups in total. The molecule has 3 saturated carbocycles. The molecule has 0 aromatic carbocycles. The molecule has 1 aromatic heterocycles. The molecule has 11 heteroatoms. The summed E-state index contributed by atoms with van der Waals surface area (Å²) in [6.45, 7) is 23.1. The van der Waals surface area contributed by atoms with Gasteiger partial charge in [0.05, 0.1) is 37.9 Å². The lowest BCUT2D eigenvalue weighted by molar-refractivity contribution is -0.255. The zero-order valence-corrected chi connectivity index (χ0v) is 34.8. The Morgan fingerprint density at radius 2 is 1.72 bits per heavy atom. The van der Waals surface area contributed by atoms with Crippen molar-refractivity contribution in [2.45, 2.75) is 137 Å². The van der Waals surface area contributed by atoms with E-state index < -0.39 is 22.7 Å². The van der Waals surface area contributed by atoms with Gasteiger partial charge < -0.3 is 30.0 Å². The van der Waals surface area contributed by atoms with Gasteiger partial charge in [-0.05, 0) is 118 Å². The van der Waals surface area contributed by atoms with Crippen LogP contribution in [0.25, 0.3) is 0 Å². The number of carbonyl (C=O) groups is 2. The summed E-state index contributed by atoms with van der Waals surface area (Å²) in [5.74, 6) is 0.125. The summed E-state index contributed by atoms with van der Waals surface area (Å²) in [7, 11) is 2.03. The number of fused-ring (bicyclic) bond motifs is 3. The lowest BCUT2D eigenvalue weighted by Gasteiger charge is -2.71. The molecule has 0 radical (unpaired) electrons. The molecule has 6 aliphatic rings. The predicted octanol–water partition coefficient (Wildman–Crippen LogP) is 6.70.